The number of nitrogens with two attached hydrogens (primary N) is 1. The molecule has 0 bridgehead atoms. The molecule has 3 N–H and O–H groups in total. The lowest BCUT2D eigenvalue weighted by Gasteiger charge is -2.14. The minimum absolute atomic E-state index is 0.0293. The smallest absolute Gasteiger partial charge is 0.147 e. The van der Waals surface area contributed by atoms with Crippen molar-refractivity contribution in [3.63, 3.8) is 0 Å². The van der Waals surface area contributed by atoms with Crippen LogP contribution in [-0.2, 0) is 0 Å². The second-order valence-electron chi connectivity index (χ2n) is 3.19. The van der Waals surface area contributed by atoms with Crippen molar-refractivity contribution in [3.8, 4) is 0 Å². The summed E-state index contributed by atoms with van der Waals surface area (Å²) >= 11 is 5.61. The molecule has 0 aliphatic rings. The lowest BCUT2D eigenvalue weighted by atomic mass is 10.0. The predicted molar refractivity (Wildman–Crippen MR) is 54.8 cm³/mol. The molecule has 0 aliphatic heterocycles. The molecule has 1 aromatic rings. The molecule has 78 valence electrons. The van der Waals surface area contributed by atoms with Crippen LogP contribution in [0.15, 0.2) is 12.1 Å². The molecule has 1 rings (SSSR count). The highest BCUT2D eigenvalue weighted by Gasteiger charge is 2.16. The molecule has 0 spiro atoms. The van der Waals surface area contributed by atoms with E-state index in [4.69, 9.17) is 17.3 Å². The number of aliphatic hydroxyl groups is 1. The first-order valence-corrected chi connectivity index (χ1v) is 4.78. The minimum Gasteiger partial charge on any atom is -0.388 e. The van der Waals surface area contributed by atoms with E-state index >= 15 is 0 Å². The summed E-state index contributed by atoms with van der Waals surface area (Å²) < 4.78 is 13.5. The Hall–Kier alpha value is -0.640. The molecule has 0 saturated heterocycles. The summed E-state index contributed by atoms with van der Waals surface area (Å²) in [4.78, 5) is 0. The number of rotatable bonds is 3. The fraction of sp³-hybridized carbons (Fsp3) is 0.400. The van der Waals surface area contributed by atoms with Crippen molar-refractivity contribution in [1.82, 2.24) is 0 Å². The number of halogens is 2. The lowest BCUT2D eigenvalue weighted by molar-refractivity contribution is 0.165. The molecule has 1 unspecified atom stereocenters. The van der Waals surface area contributed by atoms with Gasteiger partial charge in [-0.05, 0) is 31.5 Å². The van der Waals surface area contributed by atoms with E-state index in [1.165, 1.54) is 6.07 Å². The van der Waals surface area contributed by atoms with E-state index in [1.807, 2.05) is 0 Å². The third-order valence-electron chi connectivity index (χ3n) is 2.12. The number of hydrogen-bond acceptors (Lipinski definition) is 2. The van der Waals surface area contributed by atoms with Gasteiger partial charge in [0.15, 0.2) is 0 Å². The predicted octanol–water partition coefficient (Wildman–Crippen LogP) is 2.17. The molecular formula is C10H13ClFNO. The topological polar surface area (TPSA) is 46.2 Å². The fourth-order valence-electron chi connectivity index (χ4n) is 1.37. The van der Waals surface area contributed by atoms with Crippen molar-refractivity contribution in [2.24, 2.45) is 5.73 Å². The average Bonchev–Trinajstić information content (AvgIpc) is 2.13. The molecule has 4 heteroatoms. The first kappa shape index (κ1) is 11.4. The summed E-state index contributed by atoms with van der Waals surface area (Å²) in [7, 11) is 0. The highest BCUT2D eigenvalue weighted by atomic mass is 35.5. The van der Waals surface area contributed by atoms with Gasteiger partial charge in [-0.15, -0.1) is 0 Å². The van der Waals surface area contributed by atoms with Gasteiger partial charge in [-0.1, -0.05) is 17.7 Å². The van der Waals surface area contributed by atoms with Gasteiger partial charge in [-0.3, -0.25) is 0 Å². The molecule has 0 radical (unpaired) electrons. The number of benzene rings is 1. The van der Waals surface area contributed by atoms with Gasteiger partial charge in [-0.2, -0.15) is 0 Å². The van der Waals surface area contributed by atoms with Gasteiger partial charge in [0.25, 0.3) is 0 Å². The Balaban J connectivity index is 3.11. The lowest BCUT2D eigenvalue weighted by Crippen LogP contribution is -2.10. The summed E-state index contributed by atoms with van der Waals surface area (Å²) in [5.74, 6) is -0.549. The Morgan fingerprint density at radius 3 is 2.79 bits per heavy atom. The zero-order valence-corrected chi connectivity index (χ0v) is 8.68. The molecule has 0 amide bonds. The van der Waals surface area contributed by atoms with E-state index < -0.39 is 11.9 Å². The first-order valence-electron chi connectivity index (χ1n) is 4.40. The average molecular weight is 218 g/mol. The van der Waals surface area contributed by atoms with Crippen LogP contribution in [0.5, 0.6) is 0 Å². The van der Waals surface area contributed by atoms with E-state index in [9.17, 15) is 9.50 Å². The van der Waals surface area contributed by atoms with Crippen LogP contribution in [0.1, 0.15) is 23.7 Å². The Morgan fingerprint density at radius 1 is 1.57 bits per heavy atom. The van der Waals surface area contributed by atoms with Crippen LogP contribution in [0.25, 0.3) is 0 Å². The molecule has 0 saturated carbocycles. The zero-order chi connectivity index (χ0) is 10.7. The maximum Gasteiger partial charge on any atom is 0.147 e. The summed E-state index contributed by atoms with van der Waals surface area (Å²) in [6.07, 6.45) is -0.545. The maximum atomic E-state index is 13.5. The van der Waals surface area contributed by atoms with Crippen LogP contribution in [-0.4, -0.2) is 11.7 Å². The maximum absolute atomic E-state index is 13.5. The van der Waals surface area contributed by atoms with Crippen molar-refractivity contribution >= 4 is 11.6 Å². The van der Waals surface area contributed by atoms with Crippen molar-refractivity contribution in [2.45, 2.75) is 19.4 Å². The fourth-order valence-corrected chi connectivity index (χ4v) is 1.54. The largest absolute Gasteiger partial charge is 0.388 e. The molecule has 1 aromatic carbocycles. The van der Waals surface area contributed by atoms with Gasteiger partial charge in [-0.25, -0.2) is 4.39 Å². The quantitative estimate of drug-likeness (QED) is 0.815. The van der Waals surface area contributed by atoms with Crippen LogP contribution in [0.3, 0.4) is 0 Å². The highest BCUT2D eigenvalue weighted by molar-refractivity contribution is 6.30. The van der Waals surface area contributed by atoms with E-state index in [1.54, 1.807) is 13.0 Å². The number of aryl methyl sites for hydroxylation is 1. The number of hydrogen-bond donors (Lipinski definition) is 2. The van der Waals surface area contributed by atoms with E-state index in [0.717, 1.165) is 0 Å². The highest BCUT2D eigenvalue weighted by Crippen LogP contribution is 2.28. The van der Waals surface area contributed by atoms with E-state index in [2.05, 4.69) is 0 Å². The molecular weight excluding hydrogens is 205 g/mol. The Kier molecular flexibility index (Phi) is 3.86. The molecule has 1 atom stereocenters. The molecule has 0 heterocycles. The van der Waals surface area contributed by atoms with Gasteiger partial charge < -0.3 is 10.8 Å². The van der Waals surface area contributed by atoms with Crippen molar-refractivity contribution in [1.29, 1.82) is 0 Å². The van der Waals surface area contributed by atoms with Crippen molar-refractivity contribution in [2.75, 3.05) is 6.54 Å². The van der Waals surface area contributed by atoms with Gasteiger partial charge in [0.1, 0.15) is 5.82 Å². The summed E-state index contributed by atoms with van der Waals surface area (Å²) in [6.45, 7) is 2.04. The van der Waals surface area contributed by atoms with E-state index in [0.29, 0.717) is 18.5 Å². The van der Waals surface area contributed by atoms with Crippen LogP contribution in [0.2, 0.25) is 5.02 Å². The second-order valence-corrected chi connectivity index (χ2v) is 3.59. The van der Waals surface area contributed by atoms with Crippen LogP contribution < -0.4 is 5.73 Å². The summed E-state index contributed by atoms with van der Waals surface area (Å²) in [5, 5.41) is 9.66. The van der Waals surface area contributed by atoms with Gasteiger partial charge in [0.05, 0.1) is 11.1 Å². The van der Waals surface area contributed by atoms with Gasteiger partial charge in [0, 0.05) is 5.56 Å². The third kappa shape index (κ3) is 2.23. The summed E-state index contributed by atoms with van der Waals surface area (Å²) in [5.41, 5.74) is 6.23. The van der Waals surface area contributed by atoms with E-state index in [-0.39, 0.29) is 10.6 Å². The second kappa shape index (κ2) is 4.73. The van der Waals surface area contributed by atoms with Gasteiger partial charge in [0.2, 0.25) is 0 Å². The van der Waals surface area contributed by atoms with Crippen LogP contribution >= 0.6 is 11.6 Å². The third-order valence-corrected chi connectivity index (χ3v) is 2.42. The minimum atomic E-state index is -0.876. The van der Waals surface area contributed by atoms with Crippen molar-refractivity contribution < 1.29 is 9.50 Å². The molecule has 2 nitrogen and oxygen atoms in total. The molecule has 0 aliphatic carbocycles. The van der Waals surface area contributed by atoms with Gasteiger partial charge >= 0.3 is 0 Å². The molecule has 14 heavy (non-hydrogen) atoms. The molecule has 0 aromatic heterocycles. The van der Waals surface area contributed by atoms with Crippen LogP contribution in [0.4, 0.5) is 4.39 Å². The SMILES string of the molecule is Cc1ccc(Cl)c(F)c1C(O)CCN. The first-order chi connectivity index (χ1) is 6.57. The molecule has 0 fully saturated rings. The van der Waals surface area contributed by atoms with Crippen LogP contribution in [0, 0.1) is 12.7 Å². The monoisotopic (exact) mass is 217 g/mol. The Morgan fingerprint density at radius 2 is 2.21 bits per heavy atom. The summed E-state index contributed by atoms with van der Waals surface area (Å²) in [6, 6.07) is 3.16. The number of aliphatic hydroxyl groups excluding tert-OH is 1. The zero-order valence-electron chi connectivity index (χ0n) is 7.93. The Labute approximate surface area is 87.5 Å². The Bertz CT molecular complexity index is 330. The van der Waals surface area contributed by atoms with Crippen molar-refractivity contribution in [3.05, 3.63) is 34.1 Å². The standard InChI is InChI=1S/C10H13ClFNO/c1-6-2-3-7(11)10(12)9(6)8(14)4-5-13/h2-3,8,14H,4-5,13H2,1H3. The normalized spacial score (nSPS) is 12.9.